The maximum atomic E-state index is 14.3. The van der Waals surface area contributed by atoms with E-state index >= 15 is 0 Å². The molecule has 0 amide bonds. The highest BCUT2D eigenvalue weighted by Crippen LogP contribution is 2.38. The fourth-order valence-electron chi connectivity index (χ4n) is 2.29. The van der Waals surface area contributed by atoms with Crippen LogP contribution in [0.25, 0.3) is 22.0 Å². The predicted octanol–water partition coefficient (Wildman–Crippen LogP) is 3.82. The first-order valence-electron chi connectivity index (χ1n) is 6.25. The first-order chi connectivity index (χ1) is 10.5. The monoisotopic (exact) mass is 321 g/mol. The van der Waals surface area contributed by atoms with Crippen molar-refractivity contribution in [2.45, 2.75) is 0 Å². The number of halogens is 3. The van der Waals surface area contributed by atoms with Gasteiger partial charge in [-0.05, 0) is 24.3 Å². The number of nitrogen functional groups attached to an aromatic ring is 1. The molecule has 0 radical (unpaired) electrons. The summed E-state index contributed by atoms with van der Waals surface area (Å²) in [7, 11) is 1.48. The zero-order valence-corrected chi connectivity index (χ0v) is 12.2. The van der Waals surface area contributed by atoms with Gasteiger partial charge in [0.15, 0.2) is 5.82 Å². The van der Waals surface area contributed by atoms with Gasteiger partial charge in [0.2, 0.25) is 0 Å². The van der Waals surface area contributed by atoms with Gasteiger partial charge < -0.3 is 10.5 Å². The second-order valence-corrected chi connectivity index (χ2v) is 4.90. The minimum absolute atomic E-state index is 0.122. The Labute approximate surface area is 129 Å². The molecule has 2 N–H and O–H groups in total. The molecule has 0 spiro atoms. The number of aromatic nitrogens is 2. The summed E-state index contributed by atoms with van der Waals surface area (Å²) in [5, 5.41) is -0.106. The number of anilines is 1. The van der Waals surface area contributed by atoms with Crippen LogP contribution in [-0.4, -0.2) is 17.1 Å². The third-order valence-electron chi connectivity index (χ3n) is 3.32. The largest absolute Gasteiger partial charge is 0.496 e. The van der Waals surface area contributed by atoms with E-state index in [4.69, 9.17) is 22.1 Å². The van der Waals surface area contributed by atoms with Crippen molar-refractivity contribution in [1.82, 2.24) is 9.97 Å². The van der Waals surface area contributed by atoms with Gasteiger partial charge in [0.1, 0.15) is 28.7 Å². The first-order valence-corrected chi connectivity index (χ1v) is 6.63. The van der Waals surface area contributed by atoms with Gasteiger partial charge in [-0.25, -0.2) is 18.7 Å². The Bertz CT molecular complexity index is 886. The highest BCUT2D eigenvalue weighted by Gasteiger charge is 2.18. The summed E-state index contributed by atoms with van der Waals surface area (Å²) in [6.07, 6.45) is 1.27. The summed E-state index contributed by atoms with van der Waals surface area (Å²) in [6, 6.07) is 5.63. The molecule has 1 aromatic heterocycles. The van der Waals surface area contributed by atoms with Crippen LogP contribution in [0.15, 0.2) is 30.6 Å². The number of nitrogens with two attached hydrogens (primary N) is 1. The van der Waals surface area contributed by atoms with Crippen molar-refractivity contribution in [2.24, 2.45) is 0 Å². The molecule has 22 heavy (non-hydrogen) atoms. The average molecular weight is 322 g/mol. The molecule has 0 fully saturated rings. The lowest BCUT2D eigenvalue weighted by atomic mass is 10.0. The number of rotatable bonds is 2. The van der Waals surface area contributed by atoms with Crippen LogP contribution in [0.5, 0.6) is 5.75 Å². The minimum Gasteiger partial charge on any atom is -0.496 e. The van der Waals surface area contributed by atoms with Crippen LogP contribution < -0.4 is 10.5 Å². The second kappa shape index (κ2) is 5.38. The Morgan fingerprint density at radius 3 is 2.55 bits per heavy atom. The van der Waals surface area contributed by atoms with E-state index in [-0.39, 0.29) is 11.4 Å². The van der Waals surface area contributed by atoms with Gasteiger partial charge in [-0.15, -0.1) is 0 Å². The number of ether oxygens (including phenoxy) is 1. The van der Waals surface area contributed by atoms with Crippen molar-refractivity contribution in [3.63, 3.8) is 0 Å². The Hall–Kier alpha value is -2.47. The van der Waals surface area contributed by atoms with E-state index in [1.807, 2.05) is 0 Å². The highest BCUT2D eigenvalue weighted by molar-refractivity contribution is 6.31. The standard InChI is InChI=1S/C15H10ClF2N3O/c1-22-10-5-3-8(14-11(10)15(19)21-6-20-14)7-2-4-9(17)12(16)13(7)18/h2-6H,1H3,(H2,19,20,21). The minimum atomic E-state index is -0.856. The van der Waals surface area contributed by atoms with Crippen molar-refractivity contribution in [1.29, 1.82) is 0 Å². The van der Waals surface area contributed by atoms with E-state index in [0.717, 1.165) is 6.07 Å². The van der Waals surface area contributed by atoms with Crippen molar-refractivity contribution in [2.75, 3.05) is 12.8 Å². The van der Waals surface area contributed by atoms with Crippen molar-refractivity contribution >= 4 is 28.3 Å². The molecule has 0 atom stereocenters. The van der Waals surface area contributed by atoms with Gasteiger partial charge in [0.05, 0.1) is 18.0 Å². The van der Waals surface area contributed by atoms with Gasteiger partial charge in [-0.3, -0.25) is 0 Å². The van der Waals surface area contributed by atoms with Crippen molar-refractivity contribution < 1.29 is 13.5 Å². The number of benzene rings is 2. The van der Waals surface area contributed by atoms with E-state index in [1.54, 1.807) is 12.1 Å². The topological polar surface area (TPSA) is 61.0 Å². The molecular weight excluding hydrogens is 312 g/mol. The molecule has 0 aliphatic carbocycles. The third-order valence-corrected chi connectivity index (χ3v) is 3.67. The molecule has 0 aliphatic heterocycles. The zero-order valence-electron chi connectivity index (χ0n) is 11.4. The van der Waals surface area contributed by atoms with Crippen LogP contribution >= 0.6 is 11.6 Å². The molecule has 7 heteroatoms. The Morgan fingerprint density at radius 2 is 1.82 bits per heavy atom. The normalized spacial score (nSPS) is 10.9. The molecular formula is C15H10ClF2N3O. The number of hydrogen-bond donors (Lipinski definition) is 1. The van der Waals surface area contributed by atoms with Crippen molar-refractivity contribution in [3.8, 4) is 16.9 Å². The molecule has 0 aliphatic rings. The highest BCUT2D eigenvalue weighted by atomic mass is 35.5. The number of methoxy groups -OCH3 is 1. The number of hydrogen-bond acceptors (Lipinski definition) is 4. The smallest absolute Gasteiger partial charge is 0.152 e. The molecule has 0 saturated heterocycles. The summed E-state index contributed by atoms with van der Waals surface area (Å²) < 4.78 is 32.8. The second-order valence-electron chi connectivity index (χ2n) is 4.52. The quantitative estimate of drug-likeness (QED) is 0.729. The maximum Gasteiger partial charge on any atom is 0.152 e. The summed E-state index contributed by atoms with van der Waals surface area (Å²) >= 11 is 5.64. The predicted molar refractivity (Wildman–Crippen MR) is 80.9 cm³/mol. The molecule has 0 unspecified atom stereocenters. The van der Waals surface area contributed by atoms with E-state index in [1.165, 1.54) is 19.5 Å². The average Bonchev–Trinajstić information content (AvgIpc) is 2.52. The van der Waals surface area contributed by atoms with Gasteiger partial charge >= 0.3 is 0 Å². The van der Waals surface area contributed by atoms with Crippen LogP contribution in [0.1, 0.15) is 0 Å². The summed E-state index contributed by atoms with van der Waals surface area (Å²) in [6.45, 7) is 0. The molecule has 2 aromatic carbocycles. The van der Waals surface area contributed by atoms with E-state index in [2.05, 4.69) is 9.97 Å². The van der Waals surface area contributed by atoms with Crippen LogP contribution in [0, 0.1) is 11.6 Å². The first kappa shape index (κ1) is 14.5. The maximum absolute atomic E-state index is 14.3. The van der Waals surface area contributed by atoms with Gasteiger partial charge in [0.25, 0.3) is 0 Å². The Morgan fingerprint density at radius 1 is 1.09 bits per heavy atom. The Balaban J connectivity index is 2.39. The summed E-state index contributed by atoms with van der Waals surface area (Å²) in [5.74, 6) is -1.01. The van der Waals surface area contributed by atoms with E-state index in [9.17, 15) is 8.78 Å². The zero-order chi connectivity index (χ0) is 15.9. The summed E-state index contributed by atoms with van der Waals surface area (Å²) in [4.78, 5) is 8.06. The molecule has 3 rings (SSSR count). The summed E-state index contributed by atoms with van der Waals surface area (Å²) in [5.41, 5.74) is 6.80. The number of nitrogens with zero attached hydrogens (tertiary/aromatic N) is 2. The van der Waals surface area contributed by atoms with Crippen LogP contribution in [0.2, 0.25) is 5.02 Å². The van der Waals surface area contributed by atoms with Gasteiger partial charge in [0, 0.05) is 11.1 Å². The fraction of sp³-hybridized carbons (Fsp3) is 0.0667. The van der Waals surface area contributed by atoms with E-state index < -0.39 is 16.7 Å². The van der Waals surface area contributed by atoms with Crippen molar-refractivity contribution in [3.05, 3.63) is 47.2 Å². The lowest BCUT2D eigenvalue weighted by molar-refractivity contribution is 0.420. The van der Waals surface area contributed by atoms with Crippen LogP contribution in [-0.2, 0) is 0 Å². The fourth-order valence-corrected chi connectivity index (χ4v) is 2.45. The number of fused-ring (bicyclic) bond motifs is 1. The lowest BCUT2D eigenvalue weighted by Crippen LogP contribution is -1.98. The molecule has 112 valence electrons. The SMILES string of the molecule is COc1ccc(-c2ccc(F)c(Cl)c2F)c2ncnc(N)c12. The molecule has 0 saturated carbocycles. The van der Waals surface area contributed by atoms with Crippen LogP contribution in [0.3, 0.4) is 0 Å². The van der Waals surface area contributed by atoms with Gasteiger partial charge in [-0.2, -0.15) is 0 Å². The lowest BCUT2D eigenvalue weighted by Gasteiger charge is -2.12. The molecule has 1 heterocycles. The van der Waals surface area contributed by atoms with E-state index in [0.29, 0.717) is 22.2 Å². The van der Waals surface area contributed by atoms with Crippen LogP contribution in [0.4, 0.5) is 14.6 Å². The van der Waals surface area contributed by atoms with Gasteiger partial charge in [-0.1, -0.05) is 11.6 Å². The molecule has 4 nitrogen and oxygen atoms in total. The third kappa shape index (κ3) is 2.12. The molecule has 0 bridgehead atoms. The Kier molecular flexibility index (Phi) is 3.54. The molecule has 3 aromatic rings.